The summed E-state index contributed by atoms with van der Waals surface area (Å²) < 4.78 is 7.12. The Kier molecular flexibility index (Phi) is 6.94. The van der Waals surface area contributed by atoms with Crippen molar-refractivity contribution in [1.82, 2.24) is 19.2 Å². The van der Waals surface area contributed by atoms with E-state index >= 15 is 0 Å². The van der Waals surface area contributed by atoms with Crippen LogP contribution >= 0.6 is 24.0 Å². The highest BCUT2D eigenvalue weighted by molar-refractivity contribution is 8.26. The lowest BCUT2D eigenvalue weighted by Crippen LogP contribution is -2.47. The van der Waals surface area contributed by atoms with Gasteiger partial charge in [-0.15, -0.1) is 0 Å². The number of thioether (sulfide) groups is 1. The highest BCUT2D eigenvalue weighted by Gasteiger charge is 2.33. The van der Waals surface area contributed by atoms with Gasteiger partial charge in [0.25, 0.3) is 11.5 Å². The average Bonchev–Trinajstić information content (AvgIpc) is 3.07. The van der Waals surface area contributed by atoms with Crippen LogP contribution in [0.15, 0.2) is 28.0 Å². The summed E-state index contributed by atoms with van der Waals surface area (Å²) in [5.74, 6) is 0.426. The number of rotatable bonds is 6. The van der Waals surface area contributed by atoms with Gasteiger partial charge in [-0.2, -0.15) is 0 Å². The standard InChI is InChI=1S/C22H27N5O3S2/c1-4-24-8-10-25(11-9-24)19-16(20(28)26-7-5-6-15(2)18(26)23-19)14-17-21(29)27(12-13-30-3)22(31)32-17/h5-7,14H,4,8-13H2,1-3H3. The molecule has 0 radical (unpaired) electrons. The van der Waals surface area contributed by atoms with Gasteiger partial charge in [0.05, 0.1) is 23.6 Å². The predicted molar refractivity (Wildman–Crippen MR) is 132 cm³/mol. The Hall–Kier alpha value is -2.27. The maximum atomic E-state index is 13.5. The molecule has 2 aliphatic rings. The number of anilines is 1. The molecule has 0 unspecified atom stereocenters. The fourth-order valence-corrected chi connectivity index (χ4v) is 5.24. The average molecular weight is 474 g/mol. The molecule has 0 N–H and O–H groups in total. The molecule has 0 bridgehead atoms. The first-order chi connectivity index (χ1) is 15.4. The highest BCUT2D eigenvalue weighted by atomic mass is 32.2. The number of methoxy groups -OCH3 is 1. The van der Waals surface area contributed by atoms with Gasteiger partial charge in [0.1, 0.15) is 15.8 Å². The smallest absolute Gasteiger partial charge is 0.267 e. The van der Waals surface area contributed by atoms with Crippen molar-refractivity contribution in [3.8, 4) is 0 Å². The Bertz CT molecular complexity index is 1140. The van der Waals surface area contributed by atoms with Crippen molar-refractivity contribution in [2.75, 3.05) is 57.9 Å². The third kappa shape index (κ3) is 4.32. The molecule has 2 aromatic rings. The molecule has 10 heteroatoms. The maximum absolute atomic E-state index is 13.5. The number of piperazine rings is 1. The molecular weight excluding hydrogens is 446 g/mol. The van der Waals surface area contributed by atoms with Gasteiger partial charge in [-0.25, -0.2) is 4.98 Å². The summed E-state index contributed by atoms with van der Waals surface area (Å²) >= 11 is 6.61. The molecule has 8 nitrogen and oxygen atoms in total. The molecule has 2 aromatic heterocycles. The van der Waals surface area contributed by atoms with Gasteiger partial charge in [-0.05, 0) is 31.2 Å². The molecule has 32 heavy (non-hydrogen) atoms. The Morgan fingerprint density at radius 1 is 1.25 bits per heavy atom. The van der Waals surface area contributed by atoms with Crippen LogP contribution in [0.2, 0.25) is 0 Å². The van der Waals surface area contributed by atoms with Crippen LogP contribution in [0.25, 0.3) is 11.7 Å². The zero-order valence-corrected chi connectivity index (χ0v) is 20.2. The van der Waals surface area contributed by atoms with Gasteiger partial charge in [0.15, 0.2) is 0 Å². The van der Waals surface area contributed by atoms with Crippen LogP contribution in [-0.4, -0.2) is 82.4 Å². The third-order valence-electron chi connectivity index (χ3n) is 5.85. The summed E-state index contributed by atoms with van der Waals surface area (Å²) in [4.78, 5) is 37.9. The quantitative estimate of drug-likeness (QED) is 0.466. The second-order valence-corrected chi connectivity index (χ2v) is 9.46. The van der Waals surface area contributed by atoms with Gasteiger partial charge in [0.2, 0.25) is 0 Å². The number of thiocarbonyl (C=S) groups is 1. The predicted octanol–water partition coefficient (Wildman–Crippen LogP) is 1.99. The zero-order chi connectivity index (χ0) is 22.8. The van der Waals surface area contributed by atoms with Crippen LogP contribution in [0.4, 0.5) is 5.82 Å². The second-order valence-electron chi connectivity index (χ2n) is 7.79. The number of aryl methyl sites for hydroxylation is 1. The van der Waals surface area contributed by atoms with Gasteiger partial charge in [-0.1, -0.05) is 37.0 Å². The maximum Gasteiger partial charge on any atom is 0.267 e. The van der Waals surface area contributed by atoms with E-state index in [4.69, 9.17) is 21.9 Å². The SMILES string of the molecule is CCN1CCN(c2nc3c(C)cccn3c(=O)c2C=C2SC(=S)N(CCOC)C2=O)CC1. The van der Waals surface area contributed by atoms with E-state index in [2.05, 4.69) is 16.7 Å². The van der Waals surface area contributed by atoms with Crippen LogP contribution in [-0.2, 0) is 9.53 Å². The molecule has 1 amide bonds. The van der Waals surface area contributed by atoms with Crippen molar-refractivity contribution >= 4 is 51.7 Å². The normalized spacial score (nSPS) is 19.0. The molecule has 0 saturated carbocycles. The van der Waals surface area contributed by atoms with E-state index < -0.39 is 0 Å². The number of likely N-dealkylation sites (N-methyl/N-ethyl adjacent to an activating group) is 1. The number of hydrogen-bond donors (Lipinski definition) is 0. The molecule has 0 atom stereocenters. The van der Waals surface area contributed by atoms with E-state index in [0.717, 1.165) is 38.3 Å². The minimum absolute atomic E-state index is 0.186. The van der Waals surface area contributed by atoms with Crippen molar-refractivity contribution in [2.24, 2.45) is 0 Å². The number of aromatic nitrogens is 2. The molecule has 2 saturated heterocycles. The Labute approximate surface area is 196 Å². The Morgan fingerprint density at radius 2 is 2.00 bits per heavy atom. The third-order valence-corrected chi connectivity index (χ3v) is 7.23. The molecule has 0 aliphatic carbocycles. The summed E-state index contributed by atoms with van der Waals surface area (Å²) in [6, 6.07) is 3.78. The number of ether oxygens (including phenoxy) is 1. The fraction of sp³-hybridized carbons (Fsp3) is 0.455. The zero-order valence-electron chi connectivity index (χ0n) is 18.5. The molecule has 2 aliphatic heterocycles. The number of fused-ring (bicyclic) bond motifs is 1. The number of carbonyl (C=O) groups excluding carboxylic acids is 1. The topological polar surface area (TPSA) is 70.4 Å². The van der Waals surface area contributed by atoms with E-state index in [-0.39, 0.29) is 11.5 Å². The van der Waals surface area contributed by atoms with E-state index in [1.807, 2.05) is 19.1 Å². The monoisotopic (exact) mass is 473 g/mol. The molecule has 2 fully saturated rings. The molecule has 4 heterocycles. The first-order valence-corrected chi connectivity index (χ1v) is 11.9. The van der Waals surface area contributed by atoms with Crippen molar-refractivity contribution in [3.63, 3.8) is 0 Å². The molecule has 170 valence electrons. The van der Waals surface area contributed by atoms with E-state index in [9.17, 15) is 9.59 Å². The summed E-state index contributed by atoms with van der Waals surface area (Å²) in [5, 5.41) is 0. The number of amides is 1. The highest BCUT2D eigenvalue weighted by Crippen LogP contribution is 2.33. The summed E-state index contributed by atoms with van der Waals surface area (Å²) in [7, 11) is 1.59. The number of hydrogen-bond acceptors (Lipinski definition) is 8. The summed E-state index contributed by atoms with van der Waals surface area (Å²) in [6.45, 7) is 9.24. The first kappa shape index (κ1) is 22.9. The fourth-order valence-electron chi connectivity index (χ4n) is 3.95. The second kappa shape index (κ2) is 9.70. The van der Waals surface area contributed by atoms with Gasteiger partial charge in [0, 0.05) is 39.5 Å². The summed E-state index contributed by atoms with van der Waals surface area (Å²) in [6.07, 6.45) is 3.38. The van der Waals surface area contributed by atoms with Gasteiger partial charge in [-0.3, -0.25) is 18.9 Å². The minimum atomic E-state index is -0.201. The molecule has 0 spiro atoms. The molecular formula is C22H27N5O3S2. The van der Waals surface area contributed by atoms with Gasteiger partial charge < -0.3 is 14.5 Å². The number of nitrogens with zero attached hydrogens (tertiary/aromatic N) is 5. The van der Waals surface area contributed by atoms with E-state index in [1.54, 1.807) is 23.8 Å². The minimum Gasteiger partial charge on any atom is -0.383 e. The van der Waals surface area contributed by atoms with Crippen LogP contribution < -0.4 is 10.5 Å². The first-order valence-electron chi connectivity index (χ1n) is 10.7. The number of pyridine rings is 1. The van der Waals surface area contributed by atoms with Crippen molar-refractivity contribution in [1.29, 1.82) is 0 Å². The Morgan fingerprint density at radius 3 is 2.69 bits per heavy atom. The van der Waals surface area contributed by atoms with Crippen LogP contribution in [0, 0.1) is 6.92 Å². The van der Waals surface area contributed by atoms with Crippen LogP contribution in [0.3, 0.4) is 0 Å². The van der Waals surface area contributed by atoms with Crippen LogP contribution in [0.5, 0.6) is 0 Å². The lowest BCUT2D eigenvalue weighted by molar-refractivity contribution is -0.122. The van der Waals surface area contributed by atoms with Crippen molar-refractivity contribution in [2.45, 2.75) is 13.8 Å². The Balaban J connectivity index is 1.80. The molecule has 4 rings (SSSR count). The van der Waals surface area contributed by atoms with Gasteiger partial charge >= 0.3 is 0 Å². The lowest BCUT2D eigenvalue weighted by Gasteiger charge is -2.35. The number of carbonyl (C=O) groups is 1. The summed E-state index contributed by atoms with van der Waals surface area (Å²) in [5.41, 5.74) is 1.80. The largest absolute Gasteiger partial charge is 0.383 e. The van der Waals surface area contributed by atoms with Crippen molar-refractivity contribution < 1.29 is 9.53 Å². The lowest BCUT2D eigenvalue weighted by atomic mass is 10.2. The van der Waals surface area contributed by atoms with Crippen LogP contribution in [0.1, 0.15) is 18.1 Å². The van der Waals surface area contributed by atoms with E-state index in [1.165, 1.54) is 16.7 Å². The van der Waals surface area contributed by atoms with E-state index in [0.29, 0.717) is 39.4 Å². The van der Waals surface area contributed by atoms with Crippen molar-refractivity contribution in [3.05, 3.63) is 44.7 Å². The molecule has 0 aromatic carbocycles.